The van der Waals surface area contributed by atoms with Crippen molar-refractivity contribution in [2.75, 3.05) is 42.7 Å². The maximum Gasteiger partial charge on any atom is 0.320 e. The Morgan fingerprint density at radius 2 is 0.600 bits per heavy atom. The number of unbranched alkanes of at least 4 members (excludes halogenated alkanes) is 9. The van der Waals surface area contributed by atoms with Gasteiger partial charge in [0.25, 0.3) is 0 Å². The highest BCUT2D eigenvalue weighted by atomic mass is 28.3. The van der Waals surface area contributed by atoms with Gasteiger partial charge in [0.05, 0.1) is 0 Å². The quantitative estimate of drug-likeness (QED) is 0.0870. The molecule has 0 radical (unpaired) electrons. The van der Waals surface area contributed by atoms with E-state index in [0.29, 0.717) is 5.41 Å². The van der Waals surface area contributed by atoms with Crippen LogP contribution < -0.4 is 0 Å². The third-order valence-corrected chi connectivity index (χ3v) is 13.3. The lowest BCUT2D eigenvalue weighted by molar-refractivity contribution is 0.222. The molecule has 0 aliphatic carbocycles. The minimum atomic E-state index is -1.38. The molecule has 0 aromatic heterocycles. The van der Waals surface area contributed by atoms with Crippen LogP contribution in [0.2, 0.25) is 18.1 Å². The van der Waals surface area contributed by atoms with Gasteiger partial charge in [-0.15, -0.1) is 0 Å². The van der Waals surface area contributed by atoms with Crippen LogP contribution in [0, 0.1) is 5.41 Å². The van der Waals surface area contributed by atoms with Gasteiger partial charge in [-0.1, -0.05) is 84.0 Å². The molecule has 0 saturated heterocycles. The predicted octanol–water partition coefficient (Wildman–Crippen LogP) is 6.38. The summed E-state index contributed by atoms with van der Waals surface area (Å²) in [6.07, 6.45) is 19.8. The number of hydrogen-bond donors (Lipinski definition) is 0. The van der Waals surface area contributed by atoms with Crippen LogP contribution in [0.3, 0.4) is 0 Å². The molecule has 0 aliphatic rings. The summed E-state index contributed by atoms with van der Waals surface area (Å²) in [5.41, 5.74) is 0.489. The minimum absolute atomic E-state index is 0.489. The monoisotopic (exact) mass is 552 g/mol. The Bertz CT molecular complexity index is 375. The molecule has 0 atom stereocenters. The fraction of sp³-hybridized carbons (Fsp3) is 1.00. The third kappa shape index (κ3) is 20.1. The third-order valence-electron chi connectivity index (χ3n) is 7.49. The summed E-state index contributed by atoms with van der Waals surface area (Å²) < 4.78 is 32.7. The van der Waals surface area contributed by atoms with Gasteiger partial charge < -0.3 is 26.6 Å². The van der Waals surface area contributed by atoms with Crippen molar-refractivity contribution in [1.29, 1.82) is 0 Å². The smallest absolute Gasteiger partial charge is 0.320 e. The van der Waals surface area contributed by atoms with Crippen LogP contribution in [0.1, 0.15) is 103 Å². The molecule has 212 valence electrons. The molecule has 0 bridgehead atoms. The molecule has 0 spiro atoms. The van der Waals surface area contributed by atoms with E-state index in [0.717, 1.165) is 18.1 Å². The van der Waals surface area contributed by atoms with Crippen molar-refractivity contribution in [2.24, 2.45) is 5.41 Å². The molecular formula is C26H60O6Si3. The Morgan fingerprint density at radius 3 is 0.829 bits per heavy atom. The first-order valence-corrected chi connectivity index (χ1v) is 19.4. The first-order chi connectivity index (χ1) is 17.0. The average Bonchev–Trinajstić information content (AvgIpc) is 2.87. The van der Waals surface area contributed by atoms with Gasteiger partial charge in [0.15, 0.2) is 0 Å². The minimum Gasteiger partial charge on any atom is -0.400 e. The van der Waals surface area contributed by atoms with Crippen molar-refractivity contribution >= 4 is 27.9 Å². The summed E-state index contributed by atoms with van der Waals surface area (Å²) >= 11 is 0. The summed E-state index contributed by atoms with van der Waals surface area (Å²) in [6.45, 7) is 2.56. The average molecular weight is 553 g/mol. The van der Waals surface area contributed by atoms with Gasteiger partial charge >= 0.3 is 27.9 Å². The van der Waals surface area contributed by atoms with E-state index in [1.165, 1.54) is 96.3 Å². The van der Waals surface area contributed by atoms with E-state index in [-0.39, 0.29) is 0 Å². The van der Waals surface area contributed by atoms with Crippen LogP contribution in [0.5, 0.6) is 0 Å². The molecule has 0 heterocycles. The fourth-order valence-electron chi connectivity index (χ4n) is 5.02. The van der Waals surface area contributed by atoms with Crippen molar-refractivity contribution in [3.05, 3.63) is 0 Å². The first kappa shape index (κ1) is 35.4. The lowest BCUT2D eigenvalue weighted by atomic mass is 9.76. The zero-order valence-electron chi connectivity index (χ0n) is 24.4. The van der Waals surface area contributed by atoms with E-state index in [9.17, 15) is 0 Å². The molecule has 0 N–H and O–H groups in total. The molecular weight excluding hydrogens is 493 g/mol. The largest absolute Gasteiger partial charge is 0.400 e. The Hall–Kier alpha value is 0.411. The standard InChI is InChI=1S/C26H60O6Si3/c1-26(20-14-8-11-17-23-33(27-2)28-3,21-15-9-12-18-24-34(29-4)30-5)22-16-10-13-19-25-35(31-6)32-7/h33-35H,8-25H2,1-7H3. The summed E-state index contributed by atoms with van der Waals surface area (Å²) in [4.78, 5) is 0. The van der Waals surface area contributed by atoms with Gasteiger partial charge in [0.2, 0.25) is 0 Å². The molecule has 0 aromatic carbocycles. The lowest BCUT2D eigenvalue weighted by Gasteiger charge is -2.30. The molecule has 35 heavy (non-hydrogen) atoms. The van der Waals surface area contributed by atoms with Crippen LogP contribution >= 0.6 is 0 Å². The van der Waals surface area contributed by atoms with Crippen LogP contribution in [0.25, 0.3) is 0 Å². The normalized spacial score (nSPS) is 12.5. The van der Waals surface area contributed by atoms with E-state index in [1.807, 2.05) is 0 Å². The summed E-state index contributed by atoms with van der Waals surface area (Å²) in [6, 6.07) is 3.40. The second-order valence-electron chi connectivity index (χ2n) is 10.4. The van der Waals surface area contributed by atoms with E-state index in [1.54, 1.807) is 42.7 Å². The molecule has 0 saturated carbocycles. The zero-order chi connectivity index (χ0) is 26.2. The Morgan fingerprint density at radius 1 is 0.371 bits per heavy atom. The molecule has 9 heteroatoms. The van der Waals surface area contributed by atoms with Crippen molar-refractivity contribution in [1.82, 2.24) is 0 Å². The molecule has 0 amide bonds. The summed E-state index contributed by atoms with van der Waals surface area (Å²) in [5, 5.41) is 0. The zero-order valence-corrected chi connectivity index (χ0v) is 27.9. The van der Waals surface area contributed by atoms with Crippen molar-refractivity contribution in [2.45, 2.75) is 121 Å². The van der Waals surface area contributed by atoms with E-state index >= 15 is 0 Å². The molecule has 0 unspecified atom stereocenters. The van der Waals surface area contributed by atoms with Crippen molar-refractivity contribution < 1.29 is 26.6 Å². The van der Waals surface area contributed by atoms with Crippen LogP contribution in [-0.2, 0) is 26.6 Å². The Kier molecular flexibility index (Phi) is 25.0. The molecule has 0 aliphatic heterocycles. The van der Waals surface area contributed by atoms with Crippen LogP contribution in [0.15, 0.2) is 0 Å². The maximum absolute atomic E-state index is 5.45. The van der Waals surface area contributed by atoms with Crippen molar-refractivity contribution in [3.8, 4) is 0 Å². The van der Waals surface area contributed by atoms with Gasteiger partial charge in [0, 0.05) is 42.7 Å². The second-order valence-corrected chi connectivity index (χ2v) is 17.5. The van der Waals surface area contributed by atoms with Gasteiger partial charge in [0.1, 0.15) is 0 Å². The Balaban J connectivity index is 4.31. The maximum atomic E-state index is 5.45. The van der Waals surface area contributed by atoms with Gasteiger partial charge in [-0.3, -0.25) is 0 Å². The van der Waals surface area contributed by atoms with Crippen LogP contribution in [0.4, 0.5) is 0 Å². The van der Waals surface area contributed by atoms with Gasteiger partial charge in [-0.25, -0.2) is 0 Å². The first-order valence-electron chi connectivity index (χ1n) is 14.1. The summed E-state index contributed by atoms with van der Waals surface area (Å²) in [7, 11) is 6.60. The van der Waals surface area contributed by atoms with Gasteiger partial charge in [-0.2, -0.15) is 0 Å². The predicted molar refractivity (Wildman–Crippen MR) is 155 cm³/mol. The molecule has 0 rings (SSSR count). The highest BCUT2D eigenvalue weighted by Crippen LogP contribution is 2.37. The fourth-order valence-corrected chi connectivity index (χ4v) is 8.88. The number of hydrogen-bond acceptors (Lipinski definition) is 6. The molecule has 0 fully saturated rings. The van der Waals surface area contributed by atoms with Gasteiger partial charge in [-0.05, 0) is 42.8 Å². The molecule has 0 aromatic rings. The Labute approximate surface area is 223 Å². The van der Waals surface area contributed by atoms with Crippen molar-refractivity contribution in [3.63, 3.8) is 0 Å². The second kappa shape index (κ2) is 24.7. The SMILES string of the molecule is CO[SiH](CCCCCCC(C)(CCCCCC[SiH](OC)OC)CCCCCC[SiH](OC)OC)OC. The highest BCUT2D eigenvalue weighted by molar-refractivity contribution is 6.44. The summed E-state index contributed by atoms with van der Waals surface area (Å²) in [5.74, 6) is 0. The lowest BCUT2D eigenvalue weighted by Crippen LogP contribution is -2.19. The van der Waals surface area contributed by atoms with E-state index in [4.69, 9.17) is 26.6 Å². The number of rotatable bonds is 27. The van der Waals surface area contributed by atoms with Crippen LogP contribution in [-0.4, -0.2) is 70.5 Å². The highest BCUT2D eigenvalue weighted by Gasteiger charge is 2.23. The topological polar surface area (TPSA) is 55.4 Å². The molecule has 6 nitrogen and oxygen atoms in total. The van der Waals surface area contributed by atoms with E-state index in [2.05, 4.69) is 6.92 Å². The van der Waals surface area contributed by atoms with E-state index < -0.39 is 27.9 Å².